The van der Waals surface area contributed by atoms with Crippen LogP contribution in [0.2, 0.25) is 0 Å². The summed E-state index contributed by atoms with van der Waals surface area (Å²) in [6.45, 7) is 5.59. The van der Waals surface area contributed by atoms with Crippen molar-refractivity contribution in [1.29, 1.82) is 0 Å². The summed E-state index contributed by atoms with van der Waals surface area (Å²) >= 11 is 0. The summed E-state index contributed by atoms with van der Waals surface area (Å²) in [5, 5.41) is 3.71. The van der Waals surface area contributed by atoms with E-state index in [0.29, 0.717) is 18.2 Å². The highest BCUT2D eigenvalue weighted by molar-refractivity contribution is 4.86. The van der Waals surface area contributed by atoms with Gasteiger partial charge in [-0.2, -0.15) is 0 Å². The molecule has 1 saturated heterocycles. The van der Waals surface area contributed by atoms with Gasteiger partial charge < -0.3 is 10.1 Å². The molecular weight excluding hydrogens is 198 g/mol. The molecule has 1 aliphatic carbocycles. The maximum absolute atomic E-state index is 6.03. The van der Waals surface area contributed by atoms with Crippen LogP contribution < -0.4 is 5.32 Å². The van der Waals surface area contributed by atoms with Gasteiger partial charge in [0, 0.05) is 6.04 Å². The molecule has 2 heteroatoms. The predicted octanol–water partition coefficient (Wildman–Crippen LogP) is 3.11. The average molecular weight is 225 g/mol. The molecule has 0 aromatic carbocycles. The van der Waals surface area contributed by atoms with Crippen LogP contribution >= 0.6 is 0 Å². The number of hydrogen-bond donors (Lipinski definition) is 1. The Bertz CT molecular complexity index is 203. The second-order valence-corrected chi connectivity index (χ2v) is 5.66. The van der Waals surface area contributed by atoms with Crippen molar-refractivity contribution in [3.63, 3.8) is 0 Å². The van der Waals surface area contributed by atoms with E-state index in [4.69, 9.17) is 4.74 Å². The Labute approximate surface area is 100 Å². The molecule has 1 saturated carbocycles. The summed E-state index contributed by atoms with van der Waals surface area (Å²) in [5.41, 5.74) is 0. The third kappa shape index (κ3) is 3.21. The lowest BCUT2D eigenvalue weighted by molar-refractivity contribution is 0.0227. The Morgan fingerprint density at radius 2 is 2.06 bits per heavy atom. The first-order chi connectivity index (χ1) is 7.79. The van der Waals surface area contributed by atoms with Gasteiger partial charge in [0.1, 0.15) is 0 Å². The predicted molar refractivity (Wildman–Crippen MR) is 67.6 cm³/mol. The van der Waals surface area contributed by atoms with Gasteiger partial charge in [-0.25, -0.2) is 0 Å². The van der Waals surface area contributed by atoms with E-state index in [1.54, 1.807) is 0 Å². The summed E-state index contributed by atoms with van der Waals surface area (Å²) in [5.74, 6) is 0.980. The van der Waals surface area contributed by atoms with Crippen LogP contribution in [0.15, 0.2) is 0 Å². The molecule has 1 aliphatic heterocycles. The van der Waals surface area contributed by atoms with Crippen molar-refractivity contribution in [3.05, 3.63) is 0 Å². The molecule has 0 bridgehead atoms. The second-order valence-electron chi connectivity index (χ2n) is 5.66. The van der Waals surface area contributed by atoms with Gasteiger partial charge in [-0.3, -0.25) is 0 Å². The van der Waals surface area contributed by atoms with E-state index in [1.165, 1.54) is 44.9 Å². The zero-order chi connectivity index (χ0) is 11.4. The Morgan fingerprint density at radius 1 is 1.25 bits per heavy atom. The molecule has 0 amide bonds. The van der Waals surface area contributed by atoms with E-state index in [0.717, 1.165) is 12.5 Å². The highest BCUT2D eigenvalue weighted by Crippen LogP contribution is 2.33. The van der Waals surface area contributed by atoms with E-state index in [2.05, 4.69) is 19.2 Å². The fourth-order valence-corrected chi connectivity index (χ4v) is 2.91. The standard InChI is InChI=1S/C14H27NO/c1-3-9-15-13(10-12-5-4-6-12)14-8-7-11(2)16-14/h11-15H,3-10H2,1-2H3. The minimum Gasteiger partial charge on any atom is -0.374 e. The third-order valence-corrected chi connectivity index (χ3v) is 4.18. The molecule has 3 atom stereocenters. The fraction of sp³-hybridized carbons (Fsp3) is 1.00. The highest BCUT2D eigenvalue weighted by Gasteiger charge is 2.32. The van der Waals surface area contributed by atoms with Crippen LogP contribution in [-0.4, -0.2) is 24.8 Å². The minimum absolute atomic E-state index is 0.484. The summed E-state index contributed by atoms with van der Waals surface area (Å²) in [7, 11) is 0. The van der Waals surface area contributed by atoms with Crippen LogP contribution in [0.5, 0.6) is 0 Å². The van der Waals surface area contributed by atoms with Crippen molar-refractivity contribution >= 4 is 0 Å². The van der Waals surface area contributed by atoms with E-state index in [1.807, 2.05) is 0 Å². The van der Waals surface area contributed by atoms with Crippen LogP contribution in [0.3, 0.4) is 0 Å². The molecule has 3 unspecified atom stereocenters. The first kappa shape index (κ1) is 12.4. The Kier molecular flexibility index (Phi) is 4.66. The van der Waals surface area contributed by atoms with Gasteiger partial charge in [0.2, 0.25) is 0 Å². The fourth-order valence-electron chi connectivity index (χ4n) is 2.91. The van der Waals surface area contributed by atoms with E-state index in [-0.39, 0.29) is 0 Å². The second kappa shape index (κ2) is 6.02. The monoisotopic (exact) mass is 225 g/mol. The smallest absolute Gasteiger partial charge is 0.0732 e. The van der Waals surface area contributed by atoms with Gasteiger partial charge in [-0.1, -0.05) is 26.2 Å². The molecule has 2 aliphatic rings. The van der Waals surface area contributed by atoms with Crippen molar-refractivity contribution < 1.29 is 4.74 Å². The summed E-state index contributed by atoms with van der Waals surface area (Å²) in [6, 6.07) is 0.621. The highest BCUT2D eigenvalue weighted by atomic mass is 16.5. The Balaban J connectivity index is 1.80. The normalized spacial score (nSPS) is 32.6. The zero-order valence-corrected chi connectivity index (χ0v) is 10.9. The maximum atomic E-state index is 6.03. The van der Waals surface area contributed by atoms with Crippen LogP contribution in [0.1, 0.15) is 58.8 Å². The number of hydrogen-bond acceptors (Lipinski definition) is 2. The molecule has 2 rings (SSSR count). The molecule has 0 aromatic heterocycles. The minimum atomic E-state index is 0.484. The lowest BCUT2D eigenvalue weighted by Crippen LogP contribution is -2.42. The molecule has 2 nitrogen and oxygen atoms in total. The van der Waals surface area contributed by atoms with Crippen molar-refractivity contribution in [3.8, 4) is 0 Å². The molecule has 1 N–H and O–H groups in total. The van der Waals surface area contributed by atoms with E-state index < -0.39 is 0 Å². The van der Waals surface area contributed by atoms with Gasteiger partial charge in [-0.05, 0) is 45.1 Å². The summed E-state index contributed by atoms with van der Waals surface area (Å²) in [4.78, 5) is 0. The van der Waals surface area contributed by atoms with Gasteiger partial charge in [-0.15, -0.1) is 0 Å². The first-order valence-corrected chi connectivity index (χ1v) is 7.18. The zero-order valence-electron chi connectivity index (χ0n) is 10.9. The van der Waals surface area contributed by atoms with Crippen LogP contribution in [-0.2, 0) is 4.74 Å². The van der Waals surface area contributed by atoms with Gasteiger partial charge in [0.05, 0.1) is 12.2 Å². The lowest BCUT2D eigenvalue weighted by Gasteiger charge is -2.33. The molecule has 0 spiro atoms. The third-order valence-electron chi connectivity index (χ3n) is 4.18. The van der Waals surface area contributed by atoms with Crippen LogP contribution in [0.25, 0.3) is 0 Å². The van der Waals surface area contributed by atoms with Crippen molar-refractivity contribution in [2.24, 2.45) is 5.92 Å². The molecule has 2 fully saturated rings. The van der Waals surface area contributed by atoms with Gasteiger partial charge >= 0.3 is 0 Å². The molecule has 16 heavy (non-hydrogen) atoms. The van der Waals surface area contributed by atoms with Gasteiger partial charge in [0.25, 0.3) is 0 Å². The average Bonchev–Trinajstić information content (AvgIpc) is 2.62. The van der Waals surface area contributed by atoms with Crippen molar-refractivity contribution in [1.82, 2.24) is 5.32 Å². The number of rotatable bonds is 6. The van der Waals surface area contributed by atoms with E-state index in [9.17, 15) is 0 Å². The van der Waals surface area contributed by atoms with Crippen molar-refractivity contribution in [2.45, 2.75) is 77.0 Å². The topological polar surface area (TPSA) is 21.3 Å². The maximum Gasteiger partial charge on any atom is 0.0732 e. The Morgan fingerprint density at radius 3 is 2.56 bits per heavy atom. The molecular formula is C14H27NO. The summed E-state index contributed by atoms with van der Waals surface area (Å²) < 4.78 is 6.03. The first-order valence-electron chi connectivity index (χ1n) is 7.18. The SMILES string of the molecule is CCCNC(CC1CCC1)C1CCC(C)O1. The molecule has 0 radical (unpaired) electrons. The van der Waals surface area contributed by atoms with Crippen LogP contribution in [0, 0.1) is 5.92 Å². The van der Waals surface area contributed by atoms with Gasteiger partial charge in [0.15, 0.2) is 0 Å². The van der Waals surface area contributed by atoms with Crippen LogP contribution in [0.4, 0.5) is 0 Å². The molecule has 0 aromatic rings. The largest absolute Gasteiger partial charge is 0.374 e. The summed E-state index contributed by atoms with van der Waals surface area (Å²) in [6.07, 6.45) is 10.4. The number of ether oxygens (including phenoxy) is 1. The molecule has 1 heterocycles. The number of nitrogens with one attached hydrogen (secondary N) is 1. The van der Waals surface area contributed by atoms with Crippen molar-refractivity contribution in [2.75, 3.05) is 6.54 Å². The van der Waals surface area contributed by atoms with E-state index >= 15 is 0 Å². The quantitative estimate of drug-likeness (QED) is 0.750. The molecule has 94 valence electrons. The lowest BCUT2D eigenvalue weighted by atomic mass is 9.79. The Hall–Kier alpha value is -0.0800.